The van der Waals surface area contributed by atoms with Gasteiger partial charge >= 0.3 is 0 Å². The maximum atomic E-state index is 5.44. The molecule has 0 aliphatic carbocycles. The molecule has 1 N–H and O–H groups in total. The van der Waals surface area contributed by atoms with Crippen LogP contribution in [-0.2, 0) is 0 Å². The number of rotatable bonds is 6. The molecule has 0 radical (unpaired) electrons. The summed E-state index contributed by atoms with van der Waals surface area (Å²) in [5.41, 5.74) is 4.56. The minimum atomic E-state index is 0.656. The highest BCUT2D eigenvalue weighted by molar-refractivity contribution is 5.71. The Morgan fingerprint density at radius 2 is 1.79 bits per heavy atom. The van der Waals surface area contributed by atoms with Crippen LogP contribution >= 0.6 is 0 Å². The van der Waals surface area contributed by atoms with Crippen molar-refractivity contribution in [1.82, 2.24) is 14.4 Å². The van der Waals surface area contributed by atoms with Crippen LogP contribution in [0.2, 0.25) is 0 Å². The molecule has 0 aliphatic rings. The molecule has 0 bridgehead atoms. The van der Waals surface area contributed by atoms with Crippen molar-refractivity contribution < 1.29 is 9.47 Å². The van der Waals surface area contributed by atoms with Crippen LogP contribution in [0.5, 0.6) is 11.5 Å². The quantitative estimate of drug-likeness (QED) is 0.533. The third-order valence-electron chi connectivity index (χ3n) is 4.69. The molecule has 0 aliphatic heterocycles. The number of hydrogen-bond donors (Lipinski definition) is 1. The van der Waals surface area contributed by atoms with Gasteiger partial charge in [0.15, 0.2) is 11.5 Å². The van der Waals surface area contributed by atoms with Crippen molar-refractivity contribution in [3.63, 3.8) is 0 Å². The third-order valence-corrected chi connectivity index (χ3v) is 4.69. The Morgan fingerprint density at radius 1 is 0.966 bits per heavy atom. The average Bonchev–Trinajstić information content (AvgIpc) is 3.22. The summed E-state index contributed by atoms with van der Waals surface area (Å²) in [6.45, 7) is 0. The normalized spacial score (nSPS) is 10.8. The van der Waals surface area contributed by atoms with Crippen molar-refractivity contribution in [1.29, 1.82) is 0 Å². The van der Waals surface area contributed by atoms with Gasteiger partial charge in [0.2, 0.25) is 5.95 Å². The van der Waals surface area contributed by atoms with Crippen LogP contribution in [0.4, 0.5) is 17.3 Å². The molecular formula is C22H23N5O2. The van der Waals surface area contributed by atoms with Gasteiger partial charge < -0.3 is 19.7 Å². The minimum Gasteiger partial charge on any atom is -0.493 e. The van der Waals surface area contributed by atoms with Crippen molar-refractivity contribution in [2.45, 2.75) is 0 Å². The highest BCUT2D eigenvalue weighted by Crippen LogP contribution is 2.33. The summed E-state index contributed by atoms with van der Waals surface area (Å²) in [5, 5.41) is 3.42. The fourth-order valence-corrected chi connectivity index (χ4v) is 3.15. The summed E-state index contributed by atoms with van der Waals surface area (Å²) in [7, 11) is 7.28. The Hall–Kier alpha value is -3.74. The van der Waals surface area contributed by atoms with E-state index in [-0.39, 0.29) is 0 Å². The van der Waals surface area contributed by atoms with Crippen LogP contribution in [0, 0.1) is 0 Å². The summed E-state index contributed by atoms with van der Waals surface area (Å²) >= 11 is 0. The molecule has 2 aromatic heterocycles. The largest absolute Gasteiger partial charge is 0.493 e. The lowest BCUT2D eigenvalue weighted by atomic mass is 10.1. The van der Waals surface area contributed by atoms with E-state index in [1.54, 1.807) is 20.4 Å². The zero-order valence-corrected chi connectivity index (χ0v) is 16.9. The van der Waals surface area contributed by atoms with E-state index in [1.807, 2.05) is 61.1 Å². The highest BCUT2D eigenvalue weighted by Gasteiger charge is 2.12. The van der Waals surface area contributed by atoms with E-state index in [0.717, 1.165) is 28.3 Å². The zero-order chi connectivity index (χ0) is 20.4. The lowest BCUT2D eigenvalue weighted by Gasteiger charge is -2.15. The molecule has 2 heterocycles. The smallest absolute Gasteiger partial charge is 0.213 e. The number of fused-ring (bicyclic) bond motifs is 1. The molecular weight excluding hydrogens is 366 g/mol. The first kappa shape index (κ1) is 18.6. The first-order chi connectivity index (χ1) is 14.1. The summed E-state index contributed by atoms with van der Waals surface area (Å²) in [6, 6.07) is 15.9. The molecule has 7 nitrogen and oxygen atoms in total. The van der Waals surface area contributed by atoms with Crippen molar-refractivity contribution in [3.8, 4) is 22.8 Å². The van der Waals surface area contributed by atoms with Crippen LogP contribution < -0.4 is 19.7 Å². The highest BCUT2D eigenvalue weighted by atomic mass is 16.5. The standard InChI is InChI=1S/C22H23N5O2/c1-26(2)17-7-5-6-16(13-17)24-22-25-18(14-21-23-10-11-27(21)22)15-8-9-19(28-3)20(12-15)29-4/h5-14H,1-4H3,(H,24,25). The van der Waals surface area contributed by atoms with E-state index in [1.165, 1.54) is 0 Å². The molecule has 0 saturated carbocycles. The van der Waals surface area contributed by atoms with E-state index in [4.69, 9.17) is 14.5 Å². The van der Waals surface area contributed by atoms with Crippen molar-refractivity contribution in [3.05, 3.63) is 60.9 Å². The van der Waals surface area contributed by atoms with Gasteiger partial charge in [0.1, 0.15) is 5.65 Å². The van der Waals surface area contributed by atoms with Crippen molar-refractivity contribution in [2.24, 2.45) is 0 Å². The monoisotopic (exact) mass is 389 g/mol. The molecule has 0 unspecified atom stereocenters. The summed E-state index contributed by atoms with van der Waals surface area (Å²) in [5.74, 6) is 2.01. The van der Waals surface area contributed by atoms with Gasteiger partial charge in [-0.05, 0) is 36.4 Å². The average molecular weight is 389 g/mol. The summed E-state index contributed by atoms with van der Waals surface area (Å²) in [6.07, 6.45) is 3.65. The van der Waals surface area contributed by atoms with Gasteiger partial charge in [0, 0.05) is 49.5 Å². The van der Waals surface area contributed by atoms with E-state index < -0.39 is 0 Å². The van der Waals surface area contributed by atoms with E-state index in [9.17, 15) is 0 Å². The van der Waals surface area contributed by atoms with E-state index in [0.29, 0.717) is 17.4 Å². The van der Waals surface area contributed by atoms with Gasteiger partial charge in [-0.15, -0.1) is 0 Å². The number of nitrogens with one attached hydrogen (secondary N) is 1. The van der Waals surface area contributed by atoms with Crippen LogP contribution in [0.3, 0.4) is 0 Å². The third kappa shape index (κ3) is 3.67. The fraction of sp³-hybridized carbons (Fsp3) is 0.182. The molecule has 148 valence electrons. The Morgan fingerprint density at radius 3 is 2.55 bits per heavy atom. The molecule has 0 atom stereocenters. The predicted molar refractivity (Wildman–Crippen MR) is 116 cm³/mol. The first-order valence-corrected chi connectivity index (χ1v) is 9.20. The van der Waals surface area contributed by atoms with Gasteiger partial charge in [-0.1, -0.05) is 6.07 Å². The van der Waals surface area contributed by atoms with Crippen molar-refractivity contribution >= 4 is 23.0 Å². The summed E-state index contributed by atoms with van der Waals surface area (Å²) in [4.78, 5) is 11.4. The van der Waals surface area contributed by atoms with Gasteiger partial charge in [-0.25, -0.2) is 9.97 Å². The Bertz CT molecular complexity index is 1150. The molecule has 29 heavy (non-hydrogen) atoms. The van der Waals surface area contributed by atoms with Crippen LogP contribution in [0.15, 0.2) is 60.9 Å². The molecule has 0 amide bonds. The molecule has 4 rings (SSSR count). The van der Waals surface area contributed by atoms with Crippen LogP contribution in [-0.4, -0.2) is 42.7 Å². The molecule has 7 heteroatoms. The fourth-order valence-electron chi connectivity index (χ4n) is 3.15. The van der Waals surface area contributed by atoms with Crippen molar-refractivity contribution in [2.75, 3.05) is 38.5 Å². The number of ether oxygens (including phenoxy) is 2. The number of aromatic nitrogens is 3. The van der Waals surface area contributed by atoms with Gasteiger partial charge in [-0.2, -0.15) is 0 Å². The van der Waals surface area contributed by atoms with E-state index in [2.05, 4.69) is 27.3 Å². The van der Waals surface area contributed by atoms with Gasteiger partial charge in [0.05, 0.1) is 19.9 Å². The lowest BCUT2D eigenvalue weighted by molar-refractivity contribution is 0.355. The van der Waals surface area contributed by atoms with Gasteiger partial charge in [0.25, 0.3) is 0 Å². The number of anilines is 3. The topological polar surface area (TPSA) is 63.9 Å². The maximum absolute atomic E-state index is 5.44. The number of benzene rings is 2. The second-order valence-corrected chi connectivity index (χ2v) is 6.76. The van der Waals surface area contributed by atoms with Crippen LogP contribution in [0.25, 0.3) is 16.9 Å². The molecule has 0 saturated heterocycles. The number of nitrogens with zero attached hydrogens (tertiary/aromatic N) is 4. The van der Waals surface area contributed by atoms with E-state index >= 15 is 0 Å². The van der Waals surface area contributed by atoms with Crippen LogP contribution in [0.1, 0.15) is 0 Å². The Labute approximate surface area is 169 Å². The Kier molecular flexibility index (Phi) is 4.95. The zero-order valence-electron chi connectivity index (χ0n) is 16.9. The Balaban J connectivity index is 1.78. The second-order valence-electron chi connectivity index (χ2n) is 6.76. The summed E-state index contributed by atoms with van der Waals surface area (Å²) < 4.78 is 12.7. The second kappa shape index (κ2) is 7.71. The molecule has 0 fully saturated rings. The SMILES string of the molecule is COc1ccc(-c2cc3nccn3c(Nc3cccc(N(C)C)c3)n2)cc1OC. The number of hydrogen-bond acceptors (Lipinski definition) is 6. The number of imidazole rings is 1. The first-order valence-electron chi connectivity index (χ1n) is 9.20. The molecule has 4 aromatic rings. The lowest BCUT2D eigenvalue weighted by Crippen LogP contribution is -2.09. The molecule has 0 spiro atoms. The molecule has 2 aromatic carbocycles. The number of methoxy groups -OCH3 is 2. The minimum absolute atomic E-state index is 0.656. The maximum Gasteiger partial charge on any atom is 0.213 e. The van der Waals surface area contributed by atoms with Gasteiger partial charge in [-0.3, -0.25) is 4.40 Å². The predicted octanol–water partition coefficient (Wildman–Crippen LogP) is 4.22.